The van der Waals surface area contributed by atoms with Crippen molar-refractivity contribution < 1.29 is 13.9 Å². The second-order valence-corrected chi connectivity index (χ2v) is 4.25. The number of hydrogen-bond donors (Lipinski definition) is 0. The Morgan fingerprint density at radius 2 is 2.47 bits per heavy atom. The summed E-state index contributed by atoms with van der Waals surface area (Å²) in [7, 11) is 0. The van der Waals surface area contributed by atoms with E-state index in [1.54, 1.807) is 0 Å². The molecule has 2 atom stereocenters. The zero-order valence-corrected chi connectivity index (χ0v) is 9.55. The minimum Gasteiger partial charge on any atom is -0.466 e. The molecule has 0 amide bonds. The van der Waals surface area contributed by atoms with Gasteiger partial charge in [-0.2, -0.15) is 0 Å². The number of oxazole rings is 1. The van der Waals surface area contributed by atoms with Gasteiger partial charge >= 0.3 is 5.97 Å². The van der Waals surface area contributed by atoms with Crippen LogP contribution in [0.5, 0.6) is 0 Å². The number of fused-ring (bicyclic) bond motifs is 1. The van der Waals surface area contributed by atoms with Crippen molar-refractivity contribution in [3.8, 4) is 0 Å². The number of carbonyl (C=O) groups excluding carboxylic acids is 1. The van der Waals surface area contributed by atoms with E-state index >= 15 is 0 Å². The number of esters is 1. The first-order valence-electron chi connectivity index (χ1n) is 5.80. The SMILES string of the molecule is CCOC(=O)[C@@H]1C[C@H]1c1cccc2ncoc12. The highest BCUT2D eigenvalue weighted by Gasteiger charge is 2.46. The molecule has 4 nitrogen and oxygen atoms in total. The highest BCUT2D eigenvalue weighted by atomic mass is 16.5. The number of benzene rings is 1. The smallest absolute Gasteiger partial charge is 0.309 e. The lowest BCUT2D eigenvalue weighted by atomic mass is 10.1. The molecule has 0 unspecified atom stereocenters. The molecule has 2 aromatic rings. The average Bonchev–Trinajstić information content (AvgIpc) is 2.98. The summed E-state index contributed by atoms with van der Waals surface area (Å²) in [5, 5.41) is 0. The van der Waals surface area contributed by atoms with E-state index in [1.807, 2.05) is 25.1 Å². The summed E-state index contributed by atoms with van der Waals surface area (Å²) in [5.74, 6) is 0.116. The molecule has 88 valence electrons. The Labute approximate surface area is 98.6 Å². The Bertz CT molecular complexity index is 561. The molecule has 17 heavy (non-hydrogen) atoms. The predicted molar refractivity (Wildman–Crippen MR) is 61.5 cm³/mol. The molecule has 1 aromatic heterocycles. The van der Waals surface area contributed by atoms with Crippen molar-refractivity contribution in [3.63, 3.8) is 0 Å². The molecule has 0 spiro atoms. The standard InChI is InChI=1S/C13H13NO3/c1-2-16-13(15)10-6-9(10)8-4-3-5-11-12(8)17-7-14-11/h3-5,7,9-10H,2,6H2,1H3/t9-,10+/m0/s1. The Hall–Kier alpha value is -1.84. The molecule has 0 bridgehead atoms. The van der Waals surface area contributed by atoms with Gasteiger partial charge in [-0.3, -0.25) is 4.79 Å². The zero-order chi connectivity index (χ0) is 11.8. The van der Waals surface area contributed by atoms with E-state index in [0.717, 1.165) is 23.1 Å². The van der Waals surface area contributed by atoms with Crippen molar-refractivity contribution in [3.05, 3.63) is 30.2 Å². The molecule has 0 radical (unpaired) electrons. The van der Waals surface area contributed by atoms with Crippen LogP contribution >= 0.6 is 0 Å². The second kappa shape index (κ2) is 3.87. The van der Waals surface area contributed by atoms with Crippen LogP contribution in [0.1, 0.15) is 24.8 Å². The van der Waals surface area contributed by atoms with Crippen molar-refractivity contribution in [2.75, 3.05) is 6.61 Å². The molecule has 1 heterocycles. The van der Waals surface area contributed by atoms with Crippen molar-refractivity contribution in [2.45, 2.75) is 19.3 Å². The Kier molecular flexibility index (Phi) is 2.35. The molecule has 0 aliphatic heterocycles. The lowest BCUT2D eigenvalue weighted by Gasteiger charge is -2.01. The van der Waals surface area contributed by atoms with Crippen molar-refractivity contribution in [1.29, 1.82) is 0 Å². The summed E-state index contributed by atoms with van der Waals surface area (Å²) in [5.41, 5.74) is 2.71. The number of nitrogens with zero attached hydrogens (tertiary/aromatic N) is 1. The highest BCUT2D eigenvalue weighted by Crippen LogP contribution is 2.49. The maximum atomic E-state index is 11.6. The second-order valence-electron chi connectivity index (χ2n) is 4.25. The molecule has 4 heteroatoms. The summed E-state index contributed by atoms with van der Waals surface area (Å²) in [6.45, 7) is 2.26. The minimum absolute atomic E-state index is 0.00866. The van der Waals surface area contributed by atoms with Crippen LogP contribution in [0.2, 0.25) is 0 Å². The van der Waals surface area contributed by atoms with Crippen LogP contribution in [0.15, 0.2) is 29.0 Å². The van der Waals surface area contributed by atoms with E-state index in [-0.39, 0.29) is 17.8 Å². The van der Waals surface area contributed by atoms with Gasteiger partial charge in [-0.15, -0.1) is 0 Å². The van der Waals surface area contributed by atoms with E-state index < -0.39 is 0 Å². The minimum atomic E-state index is -0.103. The van der Waals surface area contributed by atoms with Crippen LogP contribution in [0.25, 0.3) is 11.1 Å². The average molecular weight is 231 g/mol. The van der Waals surface area contributed by atoms with Crippen LogP contribution < -0.4 is 0 Å². The van der Waals surface area contributed by atoms with E-state index in [4.69, 9.17) is 9.15 Å². The predicted octanol–water partition coefficient (Wildman–Crippen LogP) is 2.49. The Balaban J connectivity index is 1.87. The topological polar surface area (TPSA) is 52.3 Å². The number of rotatable bonds is 3. The third-order valence-corrected chi connectivity index (χ3v) is 3.17. The summed E-state index contributed by atoms with van der Waals surface area (Å²) in [4.78, 5) is 15.7. The first-order chi connectivity index (χ1) is 8.31. The van der Waals surface area contributed by atoms with Crippen molar-refractivity contribution in [1.82, 2.24) is 4.98 Å². The quantitative estimate of drug-likeness (QED) is 0.761. The van der Waals surface area contributed by atoms with Gasteiger partial charge in [0.05, 0.1) is 12.5 Å². The number of carbonyl (C=O) groups is 1. The van der Waals surface area contributed by atoms with Crippen LogP contribution in [-0.4, -0.2) is 17.6 Å². The number of para-hydroxylation sites is 1. The fraction of sp³-hybridized carbons (Fsp3) is 0.385. The zero-order valence-electron chi connectivity index (χ0n) is 9.55. The summed E-state index contributed by atoms with van der Waals surface area (Å²) < 4.78 is 10.4. The third kappa shape index (κ3) is 1.69. The molecule has 1 aromatic carbocycles. The van der Waals surface area contributed by atoms with Gasteiger partial charge in [-0.25, -0.2) is 4.98 Å². The highest BCUT2D eigenvalue weighted by molar-refractivity contribution is 5.82. The van der Waals surface area contributed by atoms with Gasteiger partial charge < -0.3 is 9.15 Å². The third-order valence-electron chi connectivity index (χ3n) is 3.17. The molecular weight excluding hydrogens is 218 g/mol. The molecular formula is C13H13NO3. The van der Waals surface area contributed by atoms with Gasteiger partial charge in [0.25, 0.3) is 0 Å². The molecule has 0 N–H and O–H groups in total. The molecule has 1 fully saturated rings. The van der Waals surface area contributed by atoms with Crippen molar-refractivity contribution >= 4 is 17.1 Å². The Morgan fingerprint density at radius 3 is 3.29 bits per heavy atom. The van der Waals surface area contributed by atoms with E-state index in [2.05, 4.69) is 4.98 Å². The molecule has 1 aliphatic carbocycles. The summed E-state index contributed by atoms with van der Waals surface area (Å²) in [6, 6.07) is 5.85. The molecule has 3 rings (SSSR count). The monoisotopic (exact) mass is 231 g/mol. The van der Waals surface area contributed by atoms with E-state index in [1.165, 1.54) is 6.39 Å². The largest absolute Gasteiger partial charge is 0.466 e. The van der Waals surface area contributed by atoms with Crippen LogP contribution in [0.3, 0.4) is 0 Å². The van der Waals surface area contributed by atoms with Gasteiger partial charge in [0.1, 0.15) is 5.52 Å². The van der Waals surface area contributed by atoms with Gasteiger partial charge in [0, 0.05) is 11.5 Å². The number of aromatic nitrogens is 1. The van der Waals surface area contributed by atoms with Gasteiger partial charge in [0.15, 0.2) is 12.0 Å². The number of ether oxygens (including phenoxy) is 1. The number of hydrogen-bond acceptors (Lipinski definition) is 4. The van der Waals surface area contributed by atoms with E-state index in [9.17, 15) is 4.79 Å². The first kappa shape index (κ1) is 10.3. The maximum absolute atomic E-state index is 11.6. The maximum Gasteiger partial charge on any atom is 0.309 e. The Morgan fingerprint density at radius 1 is 1.59 bits per heavy atom. The summed E-state index contributed by atoms with van der Waals surface area (Å²) >= 11 is 0. The van der Waals surface area contributed by atoms with Gasteiger partial charge in [-0.05, 0) is 19.4 Å². The fourth-order valence-corrected chi connectivity index (χ4v) is 2.25. The molecule has 1 aliphatic rings. The fourth-order valence-electron chi connectivity index (χ4n) is 2.25. The van der Waals surface area contributed by atoms with Crippen LogP contribution in [-0.2, 0) is 9.53 Å². The lowest BCUT2D eigenvalue weighted by Crippen LogP contribution is -2.07. The summed E-state index contributed by atoms with van der Waals surface area (Å²) in [6.07, 6.45) is 2.29. The molecule has 1 saturated carbocycles. The molecule has 0 saturated heterocycles. The van der Waals surface area contributed by atoms with Crippen molar-refractivity contribution in [2.24, 2.45) is 5.92 Å². The van der Waals surface area contributed by atoms with E-state index in [0.29, 0.717) is 6.61 Å². The normalized spacial score (nSPS) is 22.6. The van der Waals surface area contributed by atoms with Gasteiger partial charge in [0.2, 0.25) is 0 Å². The van der Waals surface area contributed by atoms with Gasteiger partial charge in [-0.1, -0.05) is 12.1 Å². The lowest BCUT2D eigenvalue weighted by molar-refractivity contribution is -0.144. The first-order valence-corrected chi connectivity index (χ1v) is 5.80. The van der Waals surface area contributed by atoms with Crippen LogP contribution in [0.4, 0.5) is 0 Å². The van der Waals surface area contributed by atoms with Crippen LogP contribution in [0, 0.1) is 5.92 Å².